The highest BCUT2D eigenvalue weighted by Gasteiger charge is 2.33. The Hall–Kier alpha value is -2.84. The van der Waals surface area contributed by atoms with Crippen molar-refractivity contribution in [2.75, 3.05) is 33.0 Å². The van der Waals surface area contributed by atoms with Crippen molar-refractivity contribution in [3.05, 3.63) is 46.6 Å². The summed E-state index contributed by atoms with van der Waals surface area (Å²) in [6, 6.07) is 1.77. The molecule has 206 valence electrons. The van der Waals surface area contributed by atoms with E-state index in [1.54, 1.807) is 6.07 Å². The third-order valence-corrected chi connectivity index (χ3v) is 6.68. The maximum absolute atomic E-state index is 12.2. The second-order valence-electron chi connectivity index (χ2n) is 9.68. The average Bonchev–Trinajstić information content (AvgIpc) is 2.82. The highest BCUT2D eigenvalue weighted by Crippen LogP contribution is 2.48. The molecule has 3 N–H and O–H groups in total. The SMILES string of the molecule is C=C(C)C1CCC(C)=CC1c1c(OCCOCCOCCC(=O)O)cc(CCCCC)c(C(=O)O)c1O. The first-order chi connectivity index (χ1) is 17.7. The summed E-state index contributed by atoms with van der Waals surface area (Å²) in [6.45, 7) is 11.4. The largest absolute Gasteiger partial charge is 0.507 e. The lowest BCUT2D eigenvalue weighted by Crippen LogP contribution is -2.20. The lowest BCUT2D eigenvalue weighted by Gasteiger charge is -2.32. The van der Waals surface area contributed by atoms with Crippen molar-refractivity contribution < 1.29 is 39.1 Å². The number of unbranched alkanes of at least 4 members (excludes halogenated alkanes) is 2. The van der Waals surface area contributed by atoms with Gasteiger partial charge in [0.1, 0.15) is 23.7 Å². The summed E-state index contributed by atoms with van der Waals surface area (Å²) in [4.78, 5) is 22.8. The molecule has 8 heteroatoms. The lowest BCUT2D eigenvalue weighted by atomic mass is 9.73. The first kappa shape index (κ1) is 30.4. The normalized spacial score (nSPS) is 17.3. The number of ether oxygens (including phenoxy) is 3. The average molecular weight is 519 g/mol. The summed E-state index contributed by atoms with van der Waals surface area (Å²) in [5.41, 5.74) is 3.16. The Morgan fingerprint density at radius 1 is 1.08 bits per heavy atom. The van der Waals surface area contributed by atoms with Crippen LogP contribution in [-0.2, 0) is 20.7 Å². The van der Waals surface area contributed by atoms with Gasteiger partial charge in [-0.1, -0.05) is 43.6 Å². The molecule has 2 unspecified atom stereocenters. The van der Waals surface area contributed by atoms with Gasteiger partial charge in [-0.2, -0.15) is 0 Å². The number of aromatic carboxylic acids is 1. The van der Waals surface area contributed by atoms with Crippen LogP contribution in [-0.4, -0.2) is 60.3 Å². The van der Waals surface area contributed by atoms with Crippen molar-refractivity contribution in [2.45, 2.75) is 71.6 Å². The van der Waals surface area contributed by atoms with E-state index in [1.807, 2.05) is 13.8 Å². The molecule has 1 aliphatic carbocycles. The Balaban J connectivity index is 2.28. The zero-order chi connectivity index (χ0) is 27.4. The van der Waals surface area contributed by atoms with Crippen molar-refractivity contribution in [1.82, 2.24) is 0 Å². The Kier molecular flexibility index (Phi) is 12.7. The van der Waals surface area contributed by atoms with Gasteiger partial charge in [-0.15, -0.1) is 0 Å². The molecule has 0 aliphatic heterocycles. The van der Waals surface area contributed by atoms with E-state index in [0.29, 0.717) is 29.9 Å². The second kappa shape index (κ2) is 15.4. The van der Waals surface area contributed by atoms with Gasteiger partial charge in [-0.25, -0.2) is 4.79 Å². The molecule has 37 heavy (non-hydrogen) atoms. The van der Waals surface area contributed by atoms with Crippen LogP contribution in [0.5, 0.6) is 11.5 Å². The van der Waals surface area contributed by atoms with Gasteiger partial charge in [0.15, 0.2) is 0 Å². The van der Waals surface area contributed by atoms with Crippen LogP contribution in [0.1, 0.15) is 86.7 Å². The number of aryl methyl sites for hydroxylation is 1. The van der Waals surface area contributed by atoms with E-state index in [2.05, 4.69) is 19.6 Å². The molecule has 1 aromatic carbocycles. The Labute approximate surface area is 219 Å². The fourth-order valence-electron chi connectivity index (χ4n) is 4.75. The predicted octanol–water partition coefficient (Wildman–Crippen LogP) is 5.73. The first-order valence-corrected chi connectivity index (χ1v) is 13.1. The molecule has 0 spiro atoms. The first-order valence-electron chi connectivity index (χ1n) is 13.1. The molecule has 2 rings (SSSR count). The minimum absolute atomic E-state index is 0.0506. The number of carbonyl (C=O) groups is 2. The molecule has 0 aromatic heterocycles. The van der Waals surface area contributed by atoms with Crippen molar-refractivity contribution in [2.24, 2.45) is 5.92 Å². The molecule has 0 saturated heterocycles. The number of aliphatic carboxylic acids is 1. The van der Waals surface area contributed by atoms with Crippen LogP contribution in [0.25, 0.3) is 0 Å². The molecule has 0 heterocycles. The molecular formula is C29H42O8. The van der Waals surface area contributed by atoms with Gasteiger partial charge in [0.25, 0.3) is 0 Å². The van der Waals surface area contributed by atoms with Gasteiger partial charge in [-0.05, 0) is 57.1 Å². The number of aromatic hydroxyl groups is 1. The molecule has 1 aromatic rings. The molecule has 0 fully saturated rings. The van der Waals surface area contributed by atoms with Crippen molar-refractivity contribution in [3.63, 3.8) is 0 Å². The molecule has 8 nitrogen and oxygen atoms in total. The Morgan fingerprint density at radius 2 is 1.76 bits per heavy atom. The third kappa shape index (κ3) is 9.20. The zero-order valence-electron chi connectivity index (χ0n) is 22.4. The Morgan fingerprint density at radius 3 is 2.38 bits per heavy atom. The number of allylic oxidation sites excluding steroid dienone is 3. The topological polar surface area (TPSA) is 123 Å². The smallest absolute Gasteiger partial charge is 0.339 e. The van der Waals surface area contributed by atoms with E-state index in [0.717, 1.165) is 37.7 Å². The van der Waals surface area contributed by atoms with Gasteiger partial charge in [-0.3, -0.25) is 4.79 Å². The maximum atomic E-state index is 12.2. The maximum Gasteiger partial charge on any atom is 0.339 e. The molecule has 0 radical (unpaired) electrons. The van der Waals surface area contributed by atoms with Crippen LogP contribution in [0, 0.1) is 5.92 Å². The highest BCUT2D eigenvalue weighted by atomic mass is 16.5. The standard InChI is InChI=1S/C29H42O8/c1-5-6-7-8-21-18-24(37-16-15-36-14-13-35-12-11-25(30)31)27(28(32)26(21)29(33)34)23-17-20(4)9-10-22(23)19(2)3/h17-18,22-23,32H,2,5-16H2,1,3-4H3,(H,30,31)(H,33,34). The quantitative estimate of drug-likeness (QED) is 0.177. The van der Waals surface area contributed by atoms with Gasteiger partial charge >= 0.3 is 11.9 Å². The van der Waals surface area contributed by atoms with Gasteiger partial charge in [0.2, 0.25) is 0 Å². The summed E-state index contributed by atoms with van der Waals surface area (Å²) < 4.78 is 16.9. The summed E-state index contributed by atoms with van der Waals surface area (Å²) >= 11 is 0. The number of carboxylic acids is 2. The minimum Gasteiger partial charge on any atom is -0.507 e. The summed E-state index contributed by atoms with van der Waals surface area (Å²) in [5, 5.41) is 30.0. The summed E-state index contributed by atoms with van der Waals surface area (Å²) in [6.07, 6.45) is 7.15. The number of phenols is 1. The number of hydrogen-bond donors (Lipinski definition) is 3. The number of benzene rings is 1. The van der Waals surface area contributed by atoms with E-state index in [4.69, 9.17) is 19.3 Å². The van der Waals surface area contributed by atoms with E-state index in [1.165, 1.54) is 5.57 Å². The van der Waals surface area contributed by atoms with E-state index >= 15 is 0 Å². The number of carboxylic acid groups (broad SMARTS) is 2. The van der Waals surface area contributed by atoms with E-state index < -0.39 is 11.9 Å². The highest BCUT2D eigenvalue weighted by molar-refractivity contribution is 5.94. The number of rotatable bonds is 17. The van der Waals surface area contributed by atoms with Crippen LogP contribution >= 0.6 is 0 Å². The van der Waals surface area contributed by atoms with Crippen molar-refractivity contribution >= 4 is 11.9 Å². The molecule has 0 bridgehead atoms. The molecular weight excluding hydrogens is 476 g/mol. The fourth-order valence-corrected chi connectivity index (χ4v) is 4.75. The molecule has 0 saturated carbocycles. The fraction of sp³-hybridized carbons (Fsp3) is 0.586. The van der Waals surface area contributed by atoms with E-state index in [-0.39, 0.29) is 56.0 Å². The van der Waals surface area contributed by atoms with Crippen molar-refractivity contribution in [1.29, 1.82) is 0 Å². The Bertz CT molecular complexity index is 965. The predicted molar refractivity (Wildman–Crippen MR) is 142 cm³/mol. The van der Waals surface area contributed by atoms with E-state index in [9.17, 15) is 19.8 Å². The zero-order valence-corrected chi connectivity index (χ0v) is 22.4. The van der Waals surface area contributed by atoms with Crippen LogP contribution in [0.3, 0.4) is 0 Å². The van der Waals surface area contributed by atoms with Gasteiger partial charge < -0.3 is 29.5 Å². The van der Waals surface area contributed by atoms with Crippen molar-refractivity contribution in [3.8, 4) is 11.5 Å². The molecule has 2 atom stereocenters. The lowest BCUT2D eigenvalue weighted by molar-refractivity contribution is -0.138. The number of hydrogen-bond acceptors (Lipinski definition) is 6. The summed E-state index contributed by atoms with van der Waals surface area (Å²) in [5.74, 6) is -2.00. The monoisotopic (exact) mass is 518 g/mol. The third-order valence-electron chi connectivity index (χ3n) is 6.68. The summed E-state index contributed by atoms with van der Waals surface area (Å²) in [7, 11) is 0. The molecule has 1 aliphatic rings. The molecule has 0 amide bonds. The minimum atomic E-state index is -1.15. The van der Waals surface area contributed by atoms with Gasteiger partial charge in [0, 0.05) is 11.5 Å². The van der Waals surface area contributed by atoms with Gasteiger partial charge in [0.05, 0.1) is 32.8 Å². The van der Waals surface area contributed by atoms with Crippen LogP contribution < -0.4 is 4.74 Å². The second-order valence-corrected chi connectivity index (χ2v) is 9.68. The van der Waals surface area contributed by atoms with Crippen LogP contribution in [0.4, 0.5) is 0 Å². The van der Waals surface area contributed by atoms with Crippen LogP contribution in [0.15, 0.2) is 29.9 Å². The van der Waals surface area contributed by atoms with Crippen LogP contribution in [0.2, 0.25) is 0 Å².